The fourth-order valence-electron chi connectivity index (χ4n) is 3.01. The summed E-state index contributed by atoms with van der Waals surface area (Å²) < 4.78 is 0. The Hall–Kier alpha value is -0.570. The van der Waals surface area contributed by atoms with Gasteiger partial charge in [-0.3, -0.25) is 4.79 Å². The zero-order valence-electron chi connectivity index (χ0n) is 11.1. The number of carbonyl (C=O) groups excluding carboxylic acids is 1. The fraction of sp³-hybridized carbons (Fsp3) is 0.929. The summed E-state index contributed by atoms with van der Waals surface area (Å²) in [6, 6.07) is 0.463. The van der Waals surface area contributed by atoms with Crippen molar-refractivity contribution >= 4 is 5.91 Å². The van der Waals surface area contributed by atoms with Crippen LogP contribution in [0.15, 0.2) is 0 Å². The van der Waals surface area contributed by atoms with Gasteiger partial charge in [-0.1, -0.05) is 25.7 Å². The highest BCUT2D eigenvalue weighted by atomic mass is 16.1. The molecule has 0 atom stereocenters. The Morgan fingerprint density at radius 3 is 2.18 bits per heavy atom. The van der Waals surface area contributed by atoms with Crippen molar-refractivity contribution in [2.45, 2.75) is 57.4 Å². The van der Waals surface area contributed by atoms with E-state index in [0.717, 1.165) is 25.9 Å². The van der Waals surface area contributed by atoms with Crippen molar-refractivity contribution in [1.82, 2.24) is 10.2 Å². The Labute approximate surface area is 105 Å². The molecule has 0 spiro atoms. The maximum Gasteiger partial charge on any atom is 0.223 e. The number of rotatable bonds is 2. The maximum absolute atomic E-state index is 12.2. The molecule has 1 saturated carbocycles. The standard InChI is InChI=1S/C14H26N2O/c1-16-10-8-12(9-11-16)14(17)15-13-6-4-2-3-5-7-13/h12-13H,2-11H2,1H3,(H,15,17). The first kappa shape index (κ1) is 12.9. The van der Waals surface area contributed by atoms with Crippen molar-refractivity contribution in [2.75, 3.05) is 20.1 Å². The fourth-order valence-corrected chi connectivity index (χ4v) is 3.01. The van der Waals surface area contributed by atoms with Crippen molar-refractivity contribution in [2.24, 2.45) is 5.92 Å². The Bertz CT molecular complexity index is 239. The Morgan fingerprint density at radius 2 is 1.59 bits per heavy atom. The molecule has 1 saturated heterocycles. The molecule has 0 aromatic rings. The molecule has 0 aromatic heterocycles. The lowest BCUT2D eigenvalue weighted by atomic mass is 9.95. The summed E-state index contributed by atoms with van der Waals surface area (Å²) in [6.45, 7) is 2.14. The molecule has 98 valence electrons. The normalized spacial score (nSPS) is 25.5. The minimum Gasteiger partial charge on any atom is -0.353 e. The highest BCUT2D eigenvalue weighted by Crippen LogP contribution is 2.20. The van der Waals surface area contributed by atoms with Crippen molar-refractivity contribution in [1.29, 1.82) is 0 Å². The predicted molar refractivity (Wildman–Crippen MR) is 69.9 cm³/mol. The lowest BCUT2D eigenvalue weighted by molar-refractivity contribution is -0.127. The smallest absolute Gasteiger partial charge is 0.223 e. The highest BCUT2D eigenvalue weighted by molar-refractivity contribution is 5.79. The zero-order chi connectivity index (χ0) is 12.1. The van der Waals surface area contributed by atoms with Crippen LogP contribution in [0.5, 0.6) is 0 Å². The van der Waals surface area contributed by atoms with Crippen LogP contribution in [-0.4, -0.2) is 37.0 Å². The average Bonchev–Trinajstić information content (AvgIpc) is 2.58. The van der Waals surface area contributed by atoms with Gasteiger partial charge in [0.15, 0.2) is 0 Å². The van der Waals surface area contributed by atoms with Crippen LogP contribution in [0.25, 0.3) is 0 Å². The monoisotopic (exact) mass is 238 g/mol. The Kier molecular flexibility index (Phi) is 4.84. The van der Waals surface area contributed by atoms with Gasteiger partial charge in [-0.25, -0.2) is 0 Å². The number of carbonyl (C=O) groups is 1. The van der Waals surface area contributed by atoms with Crippen LogP contribution in [0.1, 0.15) is 51.4 Å². The first-order chi connectivity index (χ1) is 8.25. The number of nitrogens with zero attached hydrogens (tertiary/aromatic N) is 1. The minimum absolute atomic E-state index is 0.273. The molecule has 17 heavy (non-hydrogen) atoms. The second-order valence-corrected chi connectivity index (χ2v) is 5.77. The molecule has 3 heteroatoms. The van der Waals surface area contributed by atoms with E-state index in [4.69, 9.17) is 0 Å². The molecule has 1 amide bonds. The van der Waals surface area contributed by atoms with Gasteiger partial charge in [0.2, 0.25) is 5.91 Å². The van der Waals surface area contributed by atoms with Crippen LogP contribution in [0, 0.1) is 5.92 Å². The van der Waals surface area contributed by atoms with E-state index in [1.165, 1.54) is 38.5 Å². The third kappa shape index (κ3) is 3.98. The van der Waals surface area contributed by atoms with Crippen molar-refractivity contribution < 1.29 is 4.79 Å². The largest absolute Gasteiger partial charge is 0.353 e. The maximum atomic E-state index is 12.2. The van der Waals surface area contributed by atoms with E-state index >= 15 is 0 Å². The third-order valence-corrected chi connectivity index (χ3v) is 4.29. The molecule has 0 unspecified atom stereocenters. The summed E-state index contributed by atoms with van der Waals surface area (Å²) >= 11 is 0. The number of nitrogens with one attached hydrogen (secondary N) is 1. The van der Waals surface area contributed by atoms with E-state index in [-0.39, 0.29) is 5.92 Å². The van der Waals surface area contributed by atoms with Gasteiger partial charge in [-0.15, -0.1) is 0 Å². The van der Waals surface area contributed by atoms with Gasteiger partial charge < -0.3 is 10.2 Å². The number of hydrogen-bond acceptors (Lipinski definition) is 2. The van der Waals surface area contributed by atoms with Crippen LogP contribution < -0.4 is 5.32 Å². The molecule has 0 aromatic carbocycles. The molecular weight excluding hydrogens is 212 g/mol. The summed E-state index contributed by atoms with van der Waals surface area (Å²) in [5.41, 5.74) is 0. The van der Waals surface area contributed by atoms with Gasteiger partial charge >= 0.3 is 0 Å². The van der Waals surface area contributed by atoms with Gasteiger partial charge in [0.25, 0.3) is 0 Å². The van der Waals surface area contributed by atoms with Gasteiger partial charge in [0.1, 0.15) is 0 Å². The molecule has 1 heterocycles. The second kappa shape index (κ2) is 6.39. The molecule has 0 radical (unpaired) electrons. The van der Waals surface area contributed by atoms with E-state index < -0.39 is 0 Å². The number of amides is 1. The van der Waals surface area contributed by atoms with Gasteiger partial charge in [-0.2, -0.15) is 0 Å². The first-order valence-electron chi connectivity index (χ1n) is 7.24. The molecule has 0 bridgehead atoms. The molecule has 1 aliphatic heterocycles. The van der Waals surface area contributed by atoms with E-state index in [1.54, 1.807) is 0 Å². The summed E-state index contributed by atoms with van der Waals surface area (Å²) in [5, 5.41) is 3.29. The van der Waals surface area contributed by atoms with Crippen LogP contribution in [0.4, 0.5) is 0 Å². The molecular formula is C14H26N2O. The lowest BCUT2D eigenvalue weighted by Crippen LogP contribution is -2.42. The molecule has 1 N–H and O–H groups in total. The molecule has 2 rings (SSSR count). The van der Waals surface area contributed by atoms with Crippen LogP contribution >= 0.6 is 0 Å². The van der Waals surface area contributed by atoms with E-state index in [0.29, 0.717) is 11.9 Å². The number of likely N-dealkylation sites (tertiary alicyclic amines) is 1. The number of hydrogen-bond donors (Lipinski definition) is 1. The van der Waals surface area contributed by atoms with E-state index in [2.05, 4.69) is 17.3 Å². The first-order valence-corrected chi connectivity index (χ1v) is 7.24. The summed E-state index contributed by atoms with van der Waals surface area (Å²) in [6.07, 6.45) is 9.73. The summed E-state index contributed by atoms with van der Waals surface area (Å²) in [5.74, 6) is 0.597. The van der Waals surface area contributed by atoms with Crippen molar-refractivity contribution in [3.05, 3.63) is 0 Å². The Morgan fingerprint density at radius 1 is 1.00 bits per heavy atom. The van der Waals surface area contributed by atoms with Gasteiger partial charge in [0, 0.05) is 12.0 Å². The highest BCUT2D eigenvalue weighted by Gasteiger charge is 2.25. The zero-order valence-corrected chi connectivity index (χ0v) is 11.1. The summed E-state index contributed by atoms with van der Waals surface area (Å²) in [7, 11) is 2.14. The van der Waals surface area contributed by atoms with E-state index in [1.807, 2.05) is 0 Å². The van der Waals surface area contributed by atoms with Gasteiger partial charge in [-0.05, 0) is 45.8 Å². The molecule has 1 aliphatic carbocycles. The average molecular weight is 238 g/mol. The minimum atomic E-state index is 0.273. The second-order valence-electron chi connectivity index (χ2n) is 5.77. The lowest BCUT2D eigenvalue weighted by Gasteiger charge is -2.29. The van der Waals surface area contributed by atoms with Crippen molar-refractivity contribution in [3.63, 3.8) is 0 Å². The van der Waals surface area contributed by atoms with Crippen LogP contribution in [0.3, 0.4) is 0 Å². The molecule has 2 aliphatic rings. The quantitative estimate of drug-likeness (QED) is 0.748. The topological polar surface area (TPSA) is 32.3 Å². The molecule has 3 nitrogen and oxygen atoms in total. The molecule has 2 fully saturated rings. The van der Waals surface area contributed by atoms with Crippen LogP contribution in [-0.2, 0) is 4.79 Å². The number of piperidine rings is 1. The van der Waals surface area contributed by atoms with Crippen LogP contribution in [0.2, 0.25) is 0 Å². The third-order valence-electron chi connectivity index (χ3n) is 4.29. The van der Waals surface area contributed by atoms with E-state index in [9.17, 15) is 4.79 Å². The Balaban J connectivity index is 1.75. The van der Waals surface area contributed by atoms with Gasteiger partial charge in [0.05, 0.1) is 0 Å². The SMILES string of the molecule is CN1CCC(C(=O)NC2CCCCCC2)CC1. The predicted octanol–water partition coefficient (Wildman–Crippen LogP) is 2.17. The van der Waals surface area contributed by atoms with Crippen molar-refractivity contribution in [3.8, 4) is 0 Å². The summed E-state index contributed by atoms with van der Waals surface area (Å²) in [4.78, 5) is 14.5.